The van der Waals surface area contributed by atoms with Crippen LogP contribution in [0, 0.1) is 0 Å². The molecule has 2 heteroatoms. The highest BCUT2D eigenvalue weighted by Gasteiger charge is 1.96. The quantitative estimate of drug-likeness (QED) is 0.268. The van der Waals surface area contributed by atoms with Gasteiger partial charge in [0.2, 0.25) is 5.91 Å². The van der Waals surface area contributed by atoms with Crippen LogP contribution in [0.15, 0.2) is 12.2 Å². The van der Waals surface area contributed by atoms with Crippen LogP contribution in [-0.4, -0.2) is 13.0 Å². The van der Waals surface area contributed by atoms with Crippen molar-refractivity contribution in [3.05, 3.63) is 12.2 Å². The molecule has 0 radical (unpaired) electrons. The highest BCUT2D eigenvalue weighted by atomic mass is 16.1. The van der Waals surface area contributed by atoms with E-state index in [1.54, 1.807) is 7.05 Å². The van der Waals surface area contributed by atoms with E-state index in [1.807, 2.05) is 0 Å². The predicted octanol–water partition coefficient (Wildman–Crippen LogP) is 6.16. The minimum atomic E-state index is 0.174. The lowest BCUT2D eigenvalue weighted by molar-refractivity contribution is -0.120. The van der Waals surface area contributed by atoms with E-state index >= 15 is 0 Å². The largest absolute Gasteiger partial charge is 0.359 e. The number of hydrogen-bond donors (Lipinski definition) is 1. The van der Waals surface area contributed by atoms with Crippen LogP contribution in [0.2, 0.25) is 0 Å². The van der Waals surface area contributed by atoms with Gasteiger partial charge < -0.3 is 5.32 Å². The van der Waals surface area contributed by atoms with E-state index in [2.05, 4.69) is 24.4 Å². The van der Waals surface area contributed by atoms with Gasteiger partial charge in [0.05, 0.1) is 0 Å². The lowest BCUT2D eigenvalue weighted by Gasteiger charge is -2.00. The van der Waals surface area contributed by atoms with Crippen molar-refractivity contribution in [2.75, 3.05) is 7.05 Å². The van der Waals surface area contributed by atoms with E-state index in [0.717, 1.165) is 6.42 Å². The van der Waals surface area contributed by atoms with Crippen molar-refractivity contribution in [1.29, 1.82) is 0 Å². The fourth-order valence-electron chi connectivity index (χ4n) is 2.66. The molecule has 0 aromatic carbocycles. The molecule has 0 saturated heterocycles. The Bertz CT molecular complexity index is 260. The summed E-state index contributed by atoms with van der Waals surface area (Å²) in [7, 11) is 1.71. The molecule has 0 aliphatic carbocycles. The molecule has 0 aliphatic rings. The highest BCUT2D eigenvalue weighted by Crippen LogP contribution is 2.10. The van der Waals surface area contributed by atoms with Gasteiger partial charge in [-0.3, -0.25) is 4.79 Å². The van der Waals surface area contributed by atoms with Crippen LogP contribution in [0.25, 0.3) is 0 Å². The smallest absolute Gasteiger partial charge is 0.219 e. The molecule has 1 N–H and O–H groups in total. The van der Waals surface area contributed by atoms with E-state index in [-0.39, 0.29) is 5.91 Å². The summed E-state index contributed by atoms with van der Waals surface area (Å²) in [6.45, 7) is 2.27. The maximum atomic E-state index is 11.0. The molecule has 0 spiro atoms. The minimum absolute atomic E-state index is 0.174. The maximum Gasteiger partial charge on any atom is 0.219 e. The Labute approximate surface area is 139 Å². The molecule has 0 rings (SSSR count). The molecule has 0 fully saturated rings. The van der Waals surface area contributed by atoms with Crippen LogP contribution in [-0.2, 0) is 4.79 Å². The molecule has 0 aromatic heterocycles. The normalized spacial score (nSPS) is 11.2. The van der Waals surface area contributed by atoms with Crippen molar-refractivity contribution in [3.63, 3.8) is 0 Å². The third-order valence-corrected chi connectivity index (χ3v) is 4.19. The Morgan fingerprint density at radius 3 is 1.68 bits per heavy atom. The van der Waals surface area contributed by atoms with Crippen molar-refractivity contribution >= 4 is 5.91 Å². The molecule has 0 heterocycles. The van der Waals surface area contributed by atoms with Gasteiger partial charge >= 0.3 is 0 Å². The van der Waals surface area contributed by atoms with Gasteiger partial charge in [0.1, 0.15) is 0 Å². The number of carbonyl (C=O) groups is 1. The Hall–Kier alpha value is -0.790. The van der Waals surface area contributed by atoms with E-state index in [0.29, 0.717) is 6.42 Å². The first kappa shape index (κ1) is 21.2. The summed E-state index contributed by atoms with van der Waals surface area (Å²) in [6.07, 6.45) is 23.8. The van der Waals surface area contributed by atoms with Gasteiger partial charge in [0, 0.05) is 13.5 Å². The summed E-state index contributed by atoms with van der Waals surface area (Å²) in [6, 6.07) is 0. The molecule has 130 valence electrons. The third-order valence-electron chi connectivity index (χ3n) is 4.19. The van der Waals surface area contributed by atoms with E-state index < -0.39 is 0 Å². The topological polar surface area (TPSA) is 29.1 Å². The minimum Gasteiger partial charge on any atom is -0.359 e. The van der Waals surface area contributed by atoms with Gasteiger partial charge in [-0.1, -0.05) is 76.9 Å². The number of nitrogens with one attached hydrogen (secondary N) is 1. The number of hydrogen-bond acceptors (Lipinski definition) is 1. The number of unbranched alkanes of at least 4 members (excludes halogenated alkanes) is 12. The monoisotopic (exact) mass is 309 g/mol. The average molecular weight is 310 g/mol. The molecular formula is C20H39NO. The summed E-state index contributed by atoms with van der Waals surface area (Å²) >= 11 is 0. The standard InChI is InChI=1S/C20H39NO/c1-3-4-5-6-7-8-9-10-11-12-13-14-15-16-17-18-19-20(22)21-2/h11-12H,3-10,13-19H2,1-2H3,(H,21,22)/b12-11-. The van der Waals surface area contributed by atoms with Crippen molar-refractivity contribution in [2.45, 2.75) is 103 Å². The average Bonchev–Trinajstić information content (AvgIpc) is 2.54. The lowest BCUT2D eigenvalue weighted by atomic mass is 10.1. The van der Waals surface area contributed by atoms with E-state index in [4.69, 9.17) is 0 Å². The maximum absolute atomic E-state index is 11.0. The second-order valence-electron chi connectivity index (χ2n) is 6.36. The molecule has 0 bridgehead atoms. The van der Waals surface area contributed by atoms with Gasteiger partial charge in [-0.15, -0.1) is 0 Å². The second-order valence-corrected chi connectivity index (χ2v) is 6.36. The van der Waals surface area contributed by atoms with Crippen LogP contribution in [0.3, 0.4) is 0 Å². The van der Waals surface area contributed by atoms with E-state index in [1.165, 1.54) is 83.5 Å². The second kappa shape index (κ2) is 18.3. The van der Waals surface area contributed by atoms with Crippen LogP contribution in [0.4, 0.5) is 0 Å². The number of amides is 1. The molecule has 0 aromatic rings. The number of allylic oxidation sites excluding steroid dienone is 2. The first-order valence-corrected chi connectivity index (χ1v) is 9.66. The fraction of sp³-hybridized carbons (Fsp3) is 0.850. The summed E-state index contributed by atoms with van der Waals surface area (Å²) in [5, 5.41) is 2.67. The predicted molar refractivity (Wildman–Crippen MR) is 98.1 cm³/mol. The van der Waals surface area contributed by atoms with E-state index in [9.17, 15) is 4.79 Å². The first-order chi connectivity index (χ1) is 10.8. The number of carbonyl (C=O) groups excluding carboxylic acids is 1. The Balaban J connectivity index is 3.10. The summed E-state index contributed by atoms with van der Waals surface area (Å²) in [5.74, 6) is 0.174. The van der Waals surface area contributed by atoms with Crippen molar-refractivity contribution in [3.8, 4) is 0 Å². The van der Waals surface area contributed by atoms with Gasteiger partial charge in [-0.25, -0.2) is 0 Å². The Kier molecular flexibility index (Phi) is 17.6. The van der Waals surface area contributed by atoms with Crippen molar-refractivity contribution < 1.29 is 4.79 Å². The SMILES string of the molecule is CCCCCCCCC/C=C\CCCCCCCC(=O)NC. The van der Waals surface area contributed by atoms with Gasteiger partial charge in [0.25, 0.3) is 0 Å². The van der Waals surface area contributed by atoms with Gasteiger partial charge in [0.15, 0.2) is 0 Å². The first-order valence-electron chi connectivity index (χ1n) is 9.66. The van der Waals surface area contributed by atoms with Gasteiger partial charge in [-0.2, -0.15) is 0 Å². The zero-order valence-electron chi connectivity index (χ0n) is 15.2. The summed E-state index contributed by atoms with van der Waals surface area (Å²) in [5.41, 5.74) is 0. The lowest BCUT2D eigenvalue weighted by Crippen LogP contribution is -2.16. The molecule has 0 aliphatic heterocycles. The van der Waals surface area contributed by atoms with Crippen LogP contribution < -0.4 is 5.32 Å². The molecule has 2 nitrogen and oxygen atoms in total. The molecular weight excluding hydrogens is 270 g/mol. The molecule has 0 unspecified atom stereocenters. The van der Waals surface area contributed by atoms with Crippen molar-refractivity contribution in [1.82, 2.24) is 5.32 Å². The molecule has 0 saturated carbocycles. The summed E-state index contributed by atoms with van der Waals surface area (Å²) in [4.78, 5) is 11.0. The Morgan fingerprint density at radius 2 is 1.18 bits per heavy atom. The summed E-state index contributed by atoms with van der Waals surface area (Å²) < 4.78 is 0. The zero-order chi connectivity index (χ0) is 16.3. The van der Waals surface area contributed by atoms with Crippen LogP contribution in [0.1, 0.15) is 103 Å². The van der Waals surface area contributed by atoms with Crippen LogP contribution >= 0.6 is 0 Å². The molecule has 1 amide bonds. The number of rotatable bonds is 16. The van der Waals surface area contributed by atoms with Crippen LogP contribution in [0.5, 0.6) is 0 Å². The van der Waals surface area contributed by atoms with Crippen molar-refractivity contribution in [2.24, 2.45) is 0 Å². The van der Waals surface area contributed by atoms with Gasteiger partial charge in [-0.05, 0) is 32.1 Å². The zero-order valence-corrected chi connectivity index (χ0v) is 15.2. The Morgan fingerprint density at radius 1 is 0.727 bits per heavy atom. The molecule has 0 atom stereocenters. The third kappa shape index (κ3) is 17.3. The highest BCUT2D eigenvalue weighted by molar-refractivity contribution is 5.75. The fourth-order valence-corrected chi connectivity index (χ4v) is 2.66. The molecule has 22 heavy (non-hydrogen) atoms.